The summed E-state index contributed by atoms with van der Waals surface area (Å²) in [5.74, 6) is 2.26. The average Bonchev–Trinajstić information content (AvgIpc) is 3.08. The van der Waals surface area contributed by atoms with E-state index in [1.807, 2.05) is 24.3 Å². The van der Waals surface area contributed by atoms with Crippen LogP contribution in [-0.4, -0.2) is 42.2 Å². The summed E-state index contributed by atoms with van der Waals surface area (Å²) in [7, 11) is 4.71. The minimum Gasteiger partial charge on any atom is -0.493 e. The maximum Gasteiger partial charge on any atom is 0.204 e. The van der Waals surface area contributed by atoms with E-state index in [2.05, 4.69) is 15.1 Å². The fraction of sp³-hybridized carbons (Fsp3) is 0.222. The molecule has 2 aromatic carbocycles. The summed E-state index contributed by atoms with van der Waals surface area (Å²) in [5.41, 5.74) is 3.71. The number of hydrogen-bond donors (Lipinski definition) is 2. The molecule has 0 aliphatic carbocycles. The highest BCUT2D eigenvalue weighted by molar-refractivity contribution is 6.01. The van der Waals surface area contributed by atoms with Gasteiger partial charge in [-0.3, -0.25) is 0 Å². The number of fused-ring (bicyclic) bond motifs is 1. The molecule has 0 aliphatic heterocycles. The molecule has 1 aromatic heterocycles. The number of imidazole rings is 1. The van der Waals surface area contributed by atoms with E-state index in [4.69, 9.17) is 19.4 Å². The third kappa shape index (κ3) is 2.84. The van der Waals surface area contributed by atoms with Crippen LogP contribution in [0, 0.1) is 0 Å². The Kier molecular flexibility index (Phi) is 4.47. The summed E-state index contributed by atoms with van der Waals surface area (Å²) in [5, 5.41) is 12.2. The first-order valence-electron chi connectivity index (χ1n) is 7.61. The van der Waals surface area contributed by atoms with Crippen LogP contribution in [0.25, 0.3) is 22.4 Å². The van der Waals surface area contributed by atoms with Gasteiger partial charge < -0.3 is 24.4 Å². The molecule has 2 N–H and O–H groups in total. The first kappa shape index (κ1) is 16.6. The Morgan fingerprint density at radius 3 is 2.44 bits per heavy atom. The number of aromatic amines is 1. The van der Waals surface area contributed by atoms with Gasteiger partial charge >= 0.3 is 0 Å². The predicted molar refractivity (Wildman–Crippen MR) is 95.2 cm³/mol. The first-order valence-corrected chi connectivity index (χ1v) is 7.61. The Bertz CT molecular complexity index is 947. The van der Waals surface area contributed by atoms with Crippen LogP contribution >= 0.6 is 0 Å². The van der Waals surface area contributed by atoms with Crippen LogP contribution in [0.5, 0.6) is 17.2 Å². The summed E-state index contributed by atoms with van der Waals surface area (Å²) in [4.78, 5) is 7.89. The van der Waals surface area contributed by atoms with Gasteiger partial charge in [0, 0.05) is 5.56 Å². The minimum atomic E-state index is 0.506. The van der Waals surface area contributed by atoms with Crippen molar-refractivity contribution in [1.29, 1.82) is 0 Å². The number of methoxy groups -OCH3 is 3. The van der Waals surface area contributed by atoms with E-state index in [1.54, 1.807) is 34.3 Å². The number of ether oxygens (including phenoxy) is 3. The zero-order valence-corrected chi connectivity index (χ0v) is 14.5. The molecule has 3 rings (SSSR count). The van der Waals surface area contributed by atoms with Crippen LogP contribution in [0.4, 0.5) is 0 Å². The summed E-state index contributed by atoms with van der Waals surface area (Å²) in [6, 6.07) is 9.27. The van der Waals surface area contributed by atoms with Gasteiger partial charge in [0.05, 0.1) is 43.6 Å². The average molecular weight is 341 g/mol. The Morgan fingerprint density at radius 2 is 1.80 bits per heavy atom. The van der Waals surface area contributed by atoms with Crippen LogP contribution in [-0.2, 0) is 0 Å². The SMILES string of the molecule is COc1ccc(-c2nc3ccc(/C(C)=N\O)cc3[nH]2)c(OC)c1OC. The number of rotatable bonds is 5. The van der Waals surface area contributed by atoms with Gasteiger partial charge in [0.25, 0.3) is 0 Å². The normalized spacial score (nSPS) is 11.6. The highest BCUT2D eigenvalue weighted by Crippen LogP contribution is 2.43. The van der Waals surface area contributed by atoms with Crippen molar-refractivity contribution in [3.63, 3.8) is 0 Å². The molecular weight excluding hydrogens is 322 g/mol. The molecule has 130 valence electrons. The zero-order chi connectivity index (χ0) is 18.0. The molecule has 7 nitrogen and oxygen atoms in total. The van der Waals surface area contributed by atoms with Crippen LogP contribution in [0.15, 0.2) is 35.5 Å². The molecule has 0 aliphatic rings. The van der Waals surface area contributed by atoms with Gasteiger partial charge in [-0.05, 0) is 31.2 Å². The molecule has 0 fully saturated rings. The molecule has 0 bridgehead atoms. The Hall–Kier alpha value is -3.22. The van der Waals surface area contributed by atoms with E-state index in [1.165, 1.54) is 0 Å². The smallest absolute Gasteiger partial charge is 0.204 e. The highest BCUT2D eigenvalue weighted by atomic mass is 16.5. The van der Waals surface area contributed by atoms with E-state index >= 15 is 0 Å². The number of hydrogen-bond acceptors (Lipinski definition) is 6. The molecule has 0 amide bonds. The van der Waals surface area contributed by atoms with Crippen molar-refractivity contribution >= 4 is 16.7 Å². The fourth-order valence-corrected chi connectivity index (χ4v) is 2.71. The quantitative estimate of drug-likeness (QED) is 0.421. The number of nitrogens with one attached hydrogen (secondary N) is 1. The molecule has 0 saturated heterocycles. The topological polar surface area (TPSA) is 89.0 Å². The van der Waals surface area contributed by atoms with Crippen LogP contribution < -0.4 is 14.2 Å². The van der Waals surface area contributed by atoms with Crippen molar-refractivity contribution in [2.24, 2.45) is 5.16 Å². The van der Waals surface area contributed by atoms with Crippen molar-refractivity contribution in [3.05, 3.63) is 35.9 Å². The van der Waals surface area contributed by atoms with E-state index in [9.17, 15) is 0 Å². The third-order valence-corrected chi connectivity index (χ3v) is 4.01. The number of nitrogens with zero attached hydrogens (tertiary/aromatic N) is 2. The van der Waals surface area contributed by atoms with Gasteiger partial charge in [0.2, 0.25) is 5.75 Å². The van der Waals surface area contributed by atoms with Gasteiger partial charge in [-0.15, -0.1) is 0 Å². The third-order valence-electron chi connectivity index (χ3n) is 4.01. The van der Waals surface area contributed by atoms with Crippen LogP contribution in [0.2, 0.25) is 0 Å². The fourth-order valence-electron chi connectivity index (χ4n) is 2.71. The zero-order valence-electron chi connectivity index (χ0n) is 14.5. The van der Waals surface area contributed by atoms with Gasteiger partial charge in [-0.1, -0.05) is 11.2 Å². The molecule has 0 spiro atoms. The van der Waals surface area contributed by atoms with Crippen LogP contribution in [0.3, 0.4) is 0 Å². The lowest BCUT2D eigenvalue weighted by molar-refractivity contribution is 0.319. The van der Waals surface area contributed by atoms with Crippen molar-refractivity contribution in [2.45, 2.75) is 6.92 Å². The monoisotopic (exact) mass is 341 g/mol. The van der Waals surface area contributed by atoms with Crippen molar-refractivity contribution in [2.75, 3.05) is 21.3 Å². The van der Waals surface area contributed by atoms with Gasteiger partial charge in [0.15, 0.2) is 11.5 Å². The number of benzene rings is 2. The molecule has 0 radical (unpaired) electrons. The molecular formula is C18H19N3O4. The standard InChI is InChI=1S/C18H19N3O4/c1-10(21-22)11-5-7-13-14(9-11)20-18(19-13)12-6-8-15(23-2)17(25-4)16(12)24-3/h5-9,22H,1-4H3,(H,19,20)/b21-10-. The Balaban J connectivity index is 2.16. The molecule has 0 unspecified atom stereocenters. The molecule has 3 aromatic rings. The lowest BCUT2D eigenvalue weighted by Gasteiger charge is -2.14. The van der Waals surface area contributed by atoms with Gasteiger partial charge in [0.1, 0.15) is 5.82 Å². The second kappa shape index (κ2) is 6.72. The second-order valence-corrected chi connectivity index (χ2v) is 5.38. The lowest BCUT2D eigenvalue weighted by Crippen LogP contribution is -1.97. The summed E-state index contributed by atoms with van der Waals surface area (Å²) in [6.45, 7) is 1.73. The Labute approximate surface area is 144 Å². The highest BCUT2D eigenvalue weighted by Gasteiger charge is 2.19. The summed E-state index contributed by atoms with van der Waals surface area (Å²) in [6.07, 6.45) is 0. The van der Waals surface area contributed by atoms with Crippen molar-refractivity contribution in [3.8, 4) is 28.6 Å². The summed E-state index contributed by atoms with van der Waals surface area (Å²) >= 11 is 0. The van der Waals surface area contributed by atoms with Crippen LogP contribution in [0.1, 0.15) is 12.5 Å². The maximum absolute atomic E-state index is 8.94. The van der Waals surface area contributed by atoms with E-state index in [-0.39, 0.29) is 0 Å². The first-order chi connectivity index (χ1) is 12.1. The summed E-state index contributed by atoms with van der Waals surface area (Å²) < 4.78 is 16.3. The van der Waals surface area contributed by atoms with Crippen molar-refractivity contribution in [1.82, 2.24) is 9.97 Å². The molecule has 0 atom stereocenters. The maximum atomic E-state index is 8.94. The largest absolute Gasteiger partial charge is 0.493 e. The molecule has 7 heteroatoms. The second-order valence-electron chi connectivity index (χ2n) is 5.38. The minimum absolute atomic E-state index is 0.506. The van der Waals surface area contributed by atoms with Gasteiger partial charge in [-0.25, -0.2) is 4.98 Å². The molecule has 1 heterocycles. The molecule has 25 heavy (non-hydrogen) atoms. The van der Waals surface area contributed by atoms with Crippen molar-refractivity contribution < 1.29 is 19.4 Å². The number of H-pyrrole nitrogens is 1. The molecule has 0 saturated carbocycles. The van der Waals surface area contributed by atoms with E-state index in [0.29, 0.717) is 28.8 Å². The lowest BCUT2D eigenvalue weighted by atomic mass is 10.1. The van der Waals surface area contributed by atoms with E-state index < -0.39 is 0 Å². The number of oxime groups is 1. The number of aromatic nitrogens is 2. The Morgan fingerprint density at radius 1 is 1.04 bits per heavy atom. The predicted octanol–water partition coefficient (Wildman–Crippen LogP) is 3.45. The van der Waals surface area contributed by atoms with Gasteiger partial charge in [-0.2, -0.15) is 0 Å². The van der Waals surface area contributed by atoms with E-state index in [0.717, 1.165) is 22.2 Å².